The monoisotopic (exact) mass is 397 g/mol. The van der Waals surface area contributed by atoms with Crippen LogP contribution < -0.4 is 5.32 Å². The Morgan fingerprint density at radius 1 is 1.19 bits per heavy atom. The second-order valence-electron chi connectivity index (χ2n) is 6.48. The summed E-state index contributed by atoms with van der Waals surface area (Å²) in [5, 5.41) is 7.43. The predicted molar refractivity (Wildman–Crippen MR) is 100 cm³/mol. The number of aromatic nitrogens is 3. The molecule has 0 radical (unpaired) electrons. The molecule has 0 saturated carbocycles. The highest BCUT2D eigenvalue weighted by molar-refractivity contribution is 6.30. The standard InChI is InChI=1S/C18H19ClF3N5/c1-11-10-14(23-8-9-26(2)3)27-17(24-11)15(16(25-27)18(20,21)22)12-4-6-13(19)7-5-12/h4-7,10,23H,8-9H2,1-3H3. The first-order chi connectivity index (χ1) is 12.7. The summed E-state index contributed by atoms with van der Waals surface area (Å²) in [6.07, 6.45) is -4.61. The van der Waals surface area contributed by atoms with Crippen molar-refractivity contribution in [1.82, 2.24) is 19.5 Å². The fraction of sp³-hybridized carbons (Fsp3) is 0.333. The number of alkyl halides is 3. The molecule has 1 aromatic carbocycles. The van der Waals surface area contributed by atoms with E-state index in [2.05, 4.69) is 15.4 Å². The van der Waals surface area contributed by atoms with Crippen LogP contribution in [0.4, 0.5) is 19.0 Å². The molecule has 0 amide bonds. The molecule has 3 aromatic rings. The third-order valence-corrected chi connectivity index (χ3v) is 4.24. The minimum atomic E-state index is -4.61. The highest BCUT2D eigenvalue weighted by atomic mass is 35.5. The van der Waals surface area contributed by atoms with Crippen molar-refractivity contribution in [3.63, 3.8) is 0 Å². The van der Waals surface area contributed by atoms with Crippen molar-refractivity contribution in [3.8, 4) is 11.1 Å². The van der Waals surface area contributed by atoms with E-state index >= 15 is 0 Å². The van der Waals surface area contributed by atoms with Crippen molar-refractivity contribution >= 4 is 23.1 Å². The van der Waals surface area contributed by atoms with Gasteiger partial charge in [0.2, 0.25) is 0 Å². The number of halogens is 4. The van der Waals surface area contributed by atoms with E-state index < -0.39 is 11.9 Å². The summed E-state index contributed by atoms with van der Waals surface area (Å²) in [6, 6.07) is 7.86. The van der Waals surface area contributed by atoms with E-state index in [4.69, 9.17) is 11.6 Å². The average molecular weight is 398 g/mol. The van der Waals surface area contributed by atoms with Crippen LogP contribution in [0.15, 0.2) is 30.3 Å². The molecule has 0 atom stereocenters. The van der Waals surface area contributed by atoms with E-state index in [0.29, 0.717) is 28.6 Å². The van der Waals surface area contributed by atoms with Crippen LogP contribution in [-0.2, 0) is 6.18 Å². The predicted octanol–water partition coefficient (Wildman–Crippen LogP) is 4.35. The van der Waals surface area contributed by atoms with Crippen molar-refractivity contribution in [3.05, 3.63) is 46.7 Å². The van der Waals surface area contributed by atoms with Crippen LogP contribution in [-0.4, -0.2) is 46.7 Å². The summed E-state index contributed by atoms with van der Waals surface area (Å²) < 4.78 is 42.3. The van der Waals surface area contributed by atoms with Gasteiger partial charge in [-0.3, -0.25) is 0 Å². The molecule has 0 aliphatic rings. The van der Waals surface area contributed by atoms with Crippen LogP contribution in [0.3, 0.4) is 0 Å². The lowest BCUT2D eigenvalue weighted by atomic mass is 10.1. The molecule has 0 bridgehead atoms. The zero-order valence-electron chi connectivity index (χ0n) is 15.1. The maximum absolute atomic E-state index is 13.7. The summed E-state index contributed by atoms with van der Waals surface area (Å²) in [7, 11) is 3.84. The number of benzene rings is 1. The Bertz CT molecular complexity index is 948. The van der Waals surface area contributed by atoms with E-state index in [9.17, 15) is 13.2 Å². The Hall–Kier alpha value is -2.32. The van der Waals surface area contributed by atoms with Gasteiger partial charge in [-0.1, -0.05) is 23.7 Å². The van der Waals surface area contributed by atoms with E-state index in [1.807, 2.05) is 19.0 Å². The molecule has 1 N–H and O–H groups in total. The summed E-state index contributed by atoms with van der Waals surface area (Å²) in [5.41, 5.74) is 0.0758. The minimum Gasteiger partial charge on any atom is -0.369 e. The van der Waals surface area contributed by atoms with Crippen LogP contribution in [0.5, 0.6) is 0 Å². The fourth-order valence-electron chi connectivity index (χ4n) is 2.75. The SMILES string of the molecule is Cc1cc(NCCN(C)C)n2nc(C(F)(F)F)c(-c3ccc(Cl)cc3)c2n1. The minimum absolute atomic E-state index is 0.0569. The lowest BCUT2D eigenvalue weighted by molar-refractivity contribution is -0.140. The molecule has 0 aliphatic carbocycles. The van der Waals surface area contributed by atoms with Crippen molar-refractivity contribution in [2.75, 3.05) is 32.5 Å². The van der Waals surface area contributed by atoms with Crippen molar-refractivity contribution in [2.45, 2.75) is 13.1 Å². The quantitative estimate of drug-likeness (QED) is 0.695. The molecule has 0 saturated heterocycles. The number of nitrogens with zero attached hydrogens (tertiary/aromatic N) is 4. The lowest BCUT2D eigenvalue weighted by Gasteiger charge is -2.12. The topological polar surface area (TPSA) is 45.5 Å². The molecule has 2 heterocycles. The Kier molecular flexibility index (Phi) is 5.30. The number of hydrogen-bond donors (Lipinski definition) is 1. The highest BCUT2D eigenvalue weighted by Crippen LogP contribution is 2.39. The normalized spacial score (nSPS) is 12.1. The zero-order chi connectivity index (χ0) is 19.8. The molecule has 0 aliphatic heterocycles. The van der Waals surface area contributed by atoms with Gasteiger partial charge in [-0.05, 0) is 38.7 Å². The second-order valence-corrected chi connectivity index (χ2v) is 6.91. The summed E-state index contributed by atoms with van der Waals surface area (Å²) in [5.74, 6) is 0.463. The molecule has 144 valence electrons. The van der Waals surface area contributed by atoms with Crippen LogP contribution in [0.1, 0.15) is 11.4 Å². The Morgan fingerprint density at radius 2 is 1.85 bits per heavy atom. The molecule has 27 heavy (non-hydrogen) atoms. The maximum Gasteiger partial charge on any atom is 0.435 e. The number of likely N-dealkylation sites (N-methyl/N-ethyl adjacent to an activating group) is 1. The smallest absolute Gasteiger partial charge is 0.369 e. The molecule has 0 spiro atoms. The number of rotatable bonds is 5. The Balaban J connectivity index is 2.20. The van der Waals surface area contributed by atoms with Gasteiger partial charge in [0, 0.05) is 29.9 Å². The average Bonchev–Trinajstić information content (AvgIpc) is 2.95. The van der Waals surface area contributed by atoms with Gasteiger partial charge in [0.15, 0.2) is 11.3 Å². The summed E-state index contributed by atoms with van der Waals surface area (Å²) >= 11 is 5.88. The van der Waals surface area contributed by atoms with Gasteiger partial charge in [-0.2, -0.15) is 22.8 Å². The van der Waals surface area contributed by atoms with Gasteiger partial charge >= 0.3 is 6.18 Å². The first-order valence-corrected chi connectivity index (χ1v) is 8.66. The molecule has 0 fully saturated rings. The van der Waals surface area contributed by atoms with Gasteiger partial charge in [0.1, 0.15) is 5.82 Å². The number of fused-ring (bicyclic) bond motifs is 1. The van der Waals surface area contributed by atoms with E-state index in [-0.39, 0.29) is 11.2 Å². The zero-order valence-corrected chi connectivity index (χ0v) is 15.9. The molecule has 2 aromatic heterocycles. The van der Waals surface area contributed by atoms with Gasteiger partial charge in [0.25, 0.3) is 0 Å². The Labute approximate surface area is 159 Å². The van der Waals surface area contributed by atoms with E-state index in [0.717, 1.165) is 6.54 Å². The molecule has 3 rings (SSSR count). The third kappa shape index (κ3) is 4.17. The molecule has 0 unspecified atom stereocenters. The van der Waals surface area contributed by atoms with Crippen LogP contribution >= 0.6 is 11.6 Å². The van der Waals surface area contributed by atoms with Crippen LogP contribution in [0, 0.1) is 6.92 Å². The van der Waals surface area contributed by atoms with E-state index in [1.165, 1.54) is 16.6 Å². The van der Waals surface area contributed by atoms with Gasteiger partial charge in [0.05, 0.1) is 5.56 Å². The second kappa shape index (κ2) is 7.36. The largest absolute Gasteiger partial charge is 0.435 e. The van der Waals surface area contributed by atoms with Gasteiger partial charge in [-0.25, -0.2) is 4.98 Å². The molecular weight excluding hydrogens is 379 g/mol. The molecule has 5 nitrogen and oxygen atoms in total. The van der Waals surface area contributed by atoms with Gasteiger partial charge in [-0.15, -0.1) is 0 Å². The van der Waals surface area contributed by atoms with Crippen LogP contribution in [0.2, 0.25) is 5.02 Å². The molecular formula is C18H19ClF3N5. The number of aryl methyl sites for hydroxylation is 1. The Morgan fingerprint density at radius 3 is 2.44 bits per heavy atom. The van der Waals surface area contributed by atoms with E-state index in [1.54, 1.807) is 25.1 Å². The first-order valence-electron chi connectivity index (χ1n) is 8.29. The van der Waals surface area contributed by atoms with Crippen molar-refractivity contribution in [1.29, 1.82) is 0 Å². The number of nitrogens with one attached hydrogen (secondary N) is 1. The number of hydrogen-bond acceptors (Lipinski definition) is 4. The summed E-state index contributed by atoms with van der Waals surface area (Å²) in [6.45, 7) is 3.02. The fourth-order valence-corrected chi connectivity index (χ4v) is 2.88. The maximum atomic E-state index is 13.7. The highest BCUT2D eigenvalue weighted by Gasteiger charge is 2.39. The van der Waals surface area contributed by atoms with Crippen molar-refractivity contribution in [2.24, 2.45) is 0 Å². The first kappa shape index (κ1) is 19.4. The van der Waals surface area contributed by atoms with Crippen LogP contribution in [0.25, 0.3) is 16.8 Å². The van der Waals surface area contributed by atoms with Crippen molar-refractivity contribution < 1.29 is 13.2 Å². The summed E-state index contributed by atoms with van der Waals surface area (Å²) in [4.78, 5) is 6.30. The molecule has 9 heteroatoms. The third-order valence-electron chi connectivity index (χ3n) is 3.98. The lowest BCUT2D eigenvalue weighted by Crippen LogP contribution is -2.22. The number of anilines is 1. The van der Waals surface area contributed by atoms with Gasteiger partial charge < -0.3 is 10.2 Å².